The van der Waals surface area contributed by atoms with E-state index in [1.807, 2.05) is 0 Å². The quantitative estimate of drug-likeness (QED) is 0.0674. The van der Waals surface area contributed by atoms with Crippen LogP contribution >= 0.6 is 0 Å². The third-order valence-electron chi connectivity index (χ3n) is 7.78. The molecular formula is C33H64O4. The van der Waals surface area contributed by atoms with Gasteiger partial charge in [0.2, 0.25) is 0 Å². The molecule has 0 amide bonds. The predicted octanol–water partition coefficient (Wildman–Crippen LogP) is 8.99. The molecule has 0 rings (SSSR count). The highest BCUT2D eigenvalue weighted by Crippen LogP contribution is 2.24. The maximum absolute atomic E-state index is 12.7. The second-order valence-electron chi connectivity index (χ2n) is 11.3. The summed E-state index contributed by atoms with van der Waals surface area (Å²) in [7, 11) is 0. The van der Waals surface area contributed by atoms with E-state index < -0.39 is 18.3 Å². The summed E-state index contributed by atoms with van der Waals surface area (Å²) in [6.07, 6.45) is 31.5. The lowest BCUT2D eigenvalue weighted by Gasteiger charge is -2.31. The number of aliphatic hydroxyl groups excluding tert-OH is 2. The van der Waals surface area contributed by atoms with E-state index in [4.69, 9.17) is 0 Å². The number of Topliss-reactive ketones (excluding diaryl/α,β-unsaturated/α-hetero) is 1. The highest BCUT2D eigenvalue weighted by Gasteiger charge is 2.41. The topological polar surface area (TPSA) is 77.8 Å². The molecule has 0 heterocycles. The standard InChI is InChI=1S/C33H64O4/c1-3-5-7-9-11-12-13-14-15-16-17-18-19-20-21-22-23-24-26-28-31(35)33(37,32(36)30-34)29-27-25-10-8-6-4-2/h14-15,32,34,36-37H,3-13,16-30H2,1-2H3/b15-14-. The Balaban J connectivity index is 3.71. The third-order valence-corrected chi connectivity index (χ3v) is 7.78. The number of hydrogen-bond donors (Lipinski definition) is 3. The molecule has 4 nitrogen and oxygen atoms in total. The first-order chi connectivity index (χ1) is 18.0. The van der Waals surface area contributed by atoms with E-state index in [0.717, 1.165) is 32.1 Å². The van der Waals surface area contributed by atoms with Gasteiger partial charge in [0.15, 0.2) is 11.4 Å². The summed E-state index contributed by atoms with van der Waals surface area (Å²) in [4.78, 5) is 12.7. The van der Waals surface area contributed by atoms with Crippen LogP contribution in [0.15, 0.2) is 12.2 Å². The molecule has 2 atom stereocenters. The van der Waals surface area contributed by atoms with Gasteiger partial charge in [-0.2, -0.15) is 0 Å². The fourth-order valence-corrected chi connectivity index (χ4v) is 5.10. The molecule has 0 aliphatic heterocycles. The highest BCUT2D eigenvalue weighted by atomic mass is 16.4. The number of aliphatic hydroxyl groups is 3. The highest BCUT2D eigenvalue weighted by molar-refractivity contribution is 5.87. The lowest BCUT2D eigenvalue weighted by atomic mass is 9.84. The maximum Gasteiger partial charge on any atom is 0.167 e. The molecule has 0 aliphatic rings. The fraction of sp³-hybridized carbons (Fsp3) is 0.909. The van der Waals surface area contributed by atoms with E-state index in [1.165, 1.54) is 109 Å². The van der Waals surface area contributed by atoms with Crippen LogP contribution in [0.25, 0.3) is 0 Å². The summed E-state index contributed by atoms with van der Waals surface area (Å²) < 4.78 is 0. The molecule has 0 aliphatic carbocycles. The summed E-state index contributed by atoms with van der Waals surface area (Å²) in [6, 6.07) is 0. The second-order valence-corrected chi connectivity index (χ2v) is 11.3. The van der Waals surface area contributed by atoms with Crippen LogP contribution in [0.2, 0.25) is 0 Å². The Morgan fingerprint density at radius 3 is 1.43 bits per heavy atom. The van der Waals surface area contributed by atoms with Crippen molar-refractivity contribution in [1.82, 2.24) is 0 Å². The van der Waals surface area contributed by atoms with Gasteiger partial charge in [-0.15, -0.1) is 0 Å². The van der Waals surface area contributed by atoms with E-state index >= 15 is 0 Å². The van der Waals surface area contributed by atoms with Gasteiger partial charge in [-0.3, -0.25) is 4.79 Å². The van der Waals surface area contributed by atoms with Crippen molar-refractivity contribution in [3.63, 3.8) is 0 Å². The molecule has 37 heavy (non-hydrogen) atoms. The van der Waals surface area contributed by atoms with Crippen LogP contribution in [0.5, 0.6) is 0 Å². The minimum atomic E-state index is -1.79. The van der Waals surface area contributed by atoms with Gasteiger partial charge < -0.3 is 15.3 Å². The van der Waals surface area contributed by atoms with Gasteiger partial charge in [0.05, 0.1) is 6.61 Å². The van der Waals surface area contributed by atoms with Crippen molar-refractivity contribution in [2.24, 2.45) is 0 Å². The van der Waals surface area contributed by atoms with Gasteiger partial charge in [-0.25, -0.2) is 0 Å². The average Bonchev–Trinajstić information content (AvgIpc) is 2.91. The fourth-order valence-electron chi connectivity index (χ4n) is 5.10. The molecule has 2 unspecified atom stereocenters. The van der Waals surface area contributed by atoms with E-state index in [0.29, 0.717) is 6.42 Å². The van der Waals surface area contributed by atoms with Crippen LogP contribution in [0.3, 0.4) is 0 Å². The molecule has 3 N–H and O–H groups in total. The van der Waals surface area contributed by atoms with E-state index in [9.17, 15) is 20.1 Å². The first-order valence-corrected chi connectivity index (χ1v) is 16.2. The lowest BCUT2D eigenvalue weighted by molar-refractivity contribution is -0.156. The number of hydrogen-bond acceptors (Lipinski definition) is 4. The Bertz CT molecular complexity index is 518. The molecule has 0 bridgehead atoms. The monoisotopic (exact) mass is 524 g/mol. The molecule has 0 radical (unpaired) electrons. The molecule has 0 aromatic rings. The van der Waals surface area contributed by atoms with Crippen LogP contribution in [0.4, 0.5) is 0 Å². The maximum atomic E-state index is 12.7. The second kappa shape index (κ2) is 26.9. The zero-order valence-corrected chi connectivity index (χ0v) is 24.9. The molecule has 0 aromatic heterocycles. The minimum absolute atomic E-state index is 0.245. The molecule has 0 spiro atoms. The Hall–Kier alpha value is -0.710. The van der Waals surface area contributed by atoms with Gasteiger partial charge in [-0.05, 0) is 38.5 Å². The number of carbonyl (C=O) groups is 1. The van der Waals surface area contributed by atoms with Crippen LogP contribution in [-0.2, 0) is 4.79 Å². The van der Waals surface area contributed by atoms with Crippen LogP contribution in [0, 0.1) is 0 Å². The van der Waals surface area contributed by atoms with Gasteiger partial charge in [0.1, 0.15) is 6.10 Å². The Labute approximate surface area is 230 Å². The van der Waals surface area contributed by atoms with Gasteiger partial charge in [-0.1, -0.05) is 142 Å². The largest absolute Gasteiger partial charge is 0.394 e. The summed E-state index contributed by atoms with van der Waals surface area (Å²) in [6.45, 7) is 3.87. The molecule has 0 saturated heterocycles. The smallest absolute Gasteiger partial charge is 0.167 e. The summed E-state index contributed by atoms with van der Waals surface area (Å²) in [5, 5.41) is 30.3. The molecular weight excluding hydrogens is 460 g/mol. The first kappa shape index (κ1) is 36.3. The number of unbranched alkanes of at least 4 members (excludes halogenated alkanes) is 20. The van der Waals surface area contributed by atoms with E-state index in [1.54, 1.807) is 0 Å². The molecule has 0 aromatic carbocycles. The molecule has 0 saturated carbocycles. The van der Waals surface area contributed by atoms with Gasteiger partial charge >= 0.3 is 0 Å². The lowest BCUT2D eigenvalue weighted by Crippen LogP contribution is -2.51. The van der Waals surface area contributed by atoms with Gasteiger partial charge in [0.25, 0.3) is 0 Å². The van der Waals surface area contributed by atoms with Crippen molar-refractivity contribution >= 4 is 5.78 Å². The number of ketones is 1. The molecule has 220 valence electrons. The zero-order valence-electron chi connectivity index (χ0n) is 24.9. The predicted molar refractivity (Wildman–Crippen MR) is 159 cm³/mol. The Morgan fingerprint density at radius 2 is 1.00 bits per heavy atom. The van der Waals surface area contributed by atoms with Crippen LogP contribution < -0.4 is 0 Å². The molecule has 0 fully saturated rings. The summed E-state index contributed by atoms with van der Waals surface area (Å²) >= 11 is 0. The Kier molecular flexibility index (Phi) is 26.4. The number of carbonyl (C=O) groups excluding carboxylic acids is 1. The minimum Gasteiger partial charge on any atom is -0.394 e. The van der Waals surface area contributed by atoms with Crippen molar-refractivity contribution in [1.29, 1.82) is 0 Å². The van der Waals surface area contributed by atoms with E-state index in [-0.39, 0.29) is 18.6 Å². The molecule has 4 heteroatoms. The Morgan fingerprint density at radius 1 is 0.622 bits per heavy atom. The number of rotatable bonds is 29. The van der Waals surface area contributed by atoms with Crippen molar-refractivity contribution in [3.05, 3.63) is 12.2 Å². The SMILES string of the molecule is CCCCCCCC/C=C\CCCCCCCCCCCC(=O)C(O)(CCCCCCCC)C(O)CO. The summed E-state index contributed by atoms with van der Waals surface area (Å²) in [5.74, 6) is -0.302. The zero-order chi connectivity index (χ0) is 27.5. The van der Waals surface area contributed by atoms with Crippen LogP contribution in [0.1, 0.15) is 174 Å². The van der Waals surface area contributed by atoms with Crippen molar-refractivity contribution < 1.29 is 20.1 Å². The van der Waals surface area contributed by atoms with Crippen molar-refractivity contribution in [2.45, 2.75) is 186 Å². The normalized spacial score (nSPS) is 14.3. The van der Waals surface area contributed by atoms with Crippen molar-refractivity contribution in [3.8, 4) is 0 Å². The third kappa shape index (κ3) is 20.9. The van der Waals surface area contributed by atoms with Crippen LogP contribution in [-0.4, -0.2) is 39.4 Å². The first-order valence-electron chi connectivity index (χ1n) is 16.2. The van der Waals surface area contributed by atoms with E-state index in [2.05, 4.69) is 26.0 Å². The average molecular weight is 525 g/mol. The number of allylic oxidation sites excluding steroid dienone is 2. The van der Waals surface area contributed by atoms with Crippen molar-refractivity contribution in [2.75, 3.05) is 6.61 Å². The summed E-state index contributed by atoms with van der Waals surface area (Å²) in [5.41, 5.74) is -1.79. The van der Waals surface area contributed by atoms with Gasteiger partial charge in [0, 0.05) is 6.42 Å².